The highest BCUT2D eigenvalue weighted by atomic mass is 79.9. The van der Waals surface area contributed by atoms with Crippen molar-refractivity contribution in [3.05, 3.63) is 22.7 Å². The van der Waals surface area contributed by atoms with Crippen molar-refractivity contribution in [1.29, 1.82) is 0 Å². The van der Waals surface area contributed by atoms with Gasteiger partial charge >= 0.3 is 0 Å². The number of carbonyl (C=O) groups is 1. The van der Waals surface area contributed by atoms with E-state index in [1.807, 2.05) is 0 Å². The Labute approximate surface area is 89.4 Å². The zero-order chi connectivity index (χ0) is 10.3. The van der Waals surface area contributed by atoms with Gasteiger partial charge in [0, 0.05) is 4.47 Å². The van der Waals surface area contributed by atoms with Crippen molar-refractivity contribution in [2.75, 3.05) is 11.9 Å². The van der Waals surface area contributed by atoms with Crippen LogP contribution >= 0.6 is 15.9 Å². The zero-order valence-corrected chi connectivity index (χ0v) is 9.35. The van der Waals surface area contributed by atoms with Gasteiger partial charge in [-0.05, 0) is 28.1 Å². The minimum Gasteiger partial charge on any atom is -0.376 e. The molecule has 0 unspecified atom stereocenters. The molecule has 6 heteroatoms. The predicted molar refractivity (Wildman–Crippen MR) is 54.8 cm³/mol. The van der Waals surface area contributed by atoms with Gasteiger partial charge in [0.2, 0.25) is 9.84 Å². The molecule has 0 bridgehead atoms. The van der Waals surface area contributed by atoms with Crippen molar-refractivity contribution in [1.82, 2.24) is 0 Å². The molecular weight excluding hydrogens is 270 g/mol. The molecule has 0 aliphatic carbocycles. The van der Waals surface area contributed by atoms with E-state index in [2.05, 4.69) is 21.2 Å². The molecule has 0 aromatic heterocycles. The first-order valence-electron chi connectivity index (χ1n) is 3.84. The standard InChI is InChI=1S/C8H6BrNO3S/c9-5-2-1-3-6-8(5)14(12,13)7(11)4-10-6/h1-3,10H,4H2. The zero-order valence-electron chi connectivity index (χ0n) is 6.95. The van der Waals surface area contributed by atoms with Crippen LogP contribution in [0.4, 0.5) is 5.69 Å². The van der Waals surface area contributed by atoms with Crippen LogP contribution in [0.25, 0.3) is 0 Å². The average molecular weight is 276 g/mol. The fourth-order valence-electron chi connectivity index (χ4n) is 1.30. The van der Waals surface area contributed by atoms with Crippen LogP contribution in [0.3, 0.4) is 0 Å². The normalized spacial score (nSPS) is 18.5. The van der Waals surface area contributed by atoms with Gasteiger partial charge in [-0.1, -0.05) is 6.07 Å². The number of anilines is 1. The highest BCUT2D eigenvalue weighted by Gasteiger charge is 2.33. The third kappa shape index (κ3) is 1.26. The minimum absolute atomic E-state index is 0.0382. The van der Waals surface area contributed by atoms with Gasteiger partial charge in [-0.25, -0.2) is 8.42 Å². The van der Waals surface area contributed by atoms with Gasteiger partial charge in [-0.3, -0.25) is 4.79 Å². The summed E-state index contributed by atoms with van der Waals surface area (Å²) >= 11 is 3.11. The Bertz CT molecular complexity index is 509. The van der Waals surface area contributed by atoms with Gasteiger partial charge in [-0.15, -0.1) is 0 Å². The molecule has 0 fully saturated rings. The third-order valence-electron chi connectivity index (χ3n) is 1.96. The molecule has 1 aliphatic heterocycles. The Hall–Kier alpha value is -0.880. The summed E-state index contributed by atoms with van der Waals surface area (Å²) in [5.74, 6) is 0. The van der Waals surface area contributed by atoms with Crippen LogP contribution in [0.1, 0.15) is 0 Å². The molecular formula is C8H6BrNO3S. The highest BCUT2D eigenvalue weighted by molar-refractivity contribution is 9.10. The van der Waals surface area contributed by atoms with Crippen molar-refractivity contribution < 1.29 is 13.2 Å². The number of nitrogens with one attached hydrogen (secondary N) is 1. The Morgan fingerprint density at radius 3 is 2.79 bits per heavy atom. The van der Waals surface area contributed by atoms with Crippen LogP contribution in [0.5, 0.6) is 0 Å². The van der Waals surface area contributed by atoms with E-state index in [4.69, 9.17) is 0 Å². The van der Waals surface area contributed by atoms with Crippen molar-refractivity contribution in [3.63, 3.8) is 0 Å². The van der Waals surface area contributed by atoms with Gasteiger partial charge < -0.3 is 5.32 Å². The monoisotopic (exact) mass is 275 g/mol. The predicted octanol–water partition coefficient (Wildman–Crippen LogP) is 1.17. The van der Waals surface area contributed by atoms with Gasteiger partial charge in [0.15, 0.2) is 0 Å². The van der Waals surface area contributed by atoms with Crippen molar-refractivity contribution in [3.8, 4) is 0 Å². The molecule has 1 aromatic carbocycles. The van der Waals surface area contributed by atoms with E-state index in [-0.39, 0.29) is 11.4 Å². The summed E-state index contributed by atoms with van der Waals surface area (Å²) in [6.45, 7) is -0.161. The summed E-state index contributed by atoms with van der Waals surface area (Å²) in [6, 6.07) is 4.93. The summed E-state index contributed by atoms with van der Waals surface area (Å²) in [5, 5.41) is 1.96. The lowest BCUT2D eigenvalue weighted by molar-refractivity contribution is -0.110. The van der Waals surface area contributed by atoms with Gasteiger partial charge in [-0.2, -0.15) is 0 Å². The summed E-state index contributed by atoms with van der Waals surface area (Å²) in [5.41, 5.74) is 0.471. The minimum atomic E-state index is -3.80. The van der Waals surface area contributed by atoms with Crippen LogP contribution in [-0.2, 0) is 14.6 Å². The molecule has 2 rings (SSSR count). The number of carbonyl (C=O) groups excluding carboxylic acids is 1. The van der Waals surface area contributed by atoms with Crippen LogP contribution < -0.4 is 5.32 Å². The van der Waals surface area contributed by atoms with Crippen molar-refractivity contribution in [2.24, 2.45) is 0 Å². The number of fused-ring (bicyclic) bond motifs is 1. The van der Waals surface area contributed by atoms with Crippen LogP contribution in [0.15, 0.2) is 27.6 Å². The van der Waals surface area contributed by atoms with E-state index >= 15 is 0 Å². The van der Waals surface area contributed by atoms with E-state index in [0.29, 0.717) is 10.2 Å². The number of benzene rings is 1. The summed E-state index contributed by atoms with van der Waals surface area (Å²) in [7, 11) is -3.80. The fraction of sp³-hybridized carbons (Fsp3) is 0.125. The van der Waals surface area contributed by atoms with Crippen LogP contribution in [0.2, 0.25) is 0 Å². The molecule has 0 atom stereocenters. The molecule has 1 N–H and O–H groups in total. The second-order valence-electron chi connectivity index (χ2n) is 2.85. The molecule has 74 valence electrons. The Morgan fingerprint density at radius 1 is 1.36 bits per heavy atom. The maximum atomic E-state index is 11.6. The number of sulfone groups is 1. The molecule has 4 nitrogen and oxygen atoms in total. The number of hydrogen-bond acceptors (Lipinski definition) is 4. The summed E-state index contributed by atoms with van der Waals surface area (Å²) < 4.78 is 23.6. The first-order valence-corrected chi connectivity index (χ1v) is 6.11. The molecule has 1 heterocycles. The smallest absolute Gasteiger partial charge is 0.270 e. The van der Waals surface area contributed by atoms with E-state index in [1.165, 1.54) is 0 Å². The van der Waals surface area contributed by atoms with E-state index < -0.39 is 15.0 Å². The number of hydrogen-bond donors (Lipinski definition) is 1. The van der Waals surface area contributed by atoms with E-state index in [9.17, 15) is 13.2 Å². The Morgan fingerprint density at radius 2 is 2.07 bits per heavy atom. The Balaban J connectivity index is 2.81. The lowest BCUT2D eigenvalue weighted by Crippen LogP contribution is -2.29. The summed E-state index contributed by atoms with van der Waals surface area (Å²) in [4.78, 5) is 11.2. The SMILES string of the molecule is O=C1CNc2cccc(Br)c2S1(=O)=O. The quantitative estimate of drug-likeness (QED) is 0.772. The topological polar surface area (TPSA) is 63.2 Å². The van der Waals surface area contributed by atoms with Crippen molar-refractivity contribution >= 4 is 36.6 Å². The van der Waals surface area contributed by atoms with Gasteiger partial charge in [0.25, 0.3) is 5.12 Å². The first-order chi connectivity index (χ1) is 6.53. The van der Waals surface area contributed by atoms with E-state index in [0.717, 1.165) is 0 Å². The number of halogens is 1. The second kappa shape index (κ2) is 3.06. The first kappa shape index (κ1) is 9.67. The third-order valence-corrected chi connectivity index (χ3v) is 4.60. The molecule has 0 radical (unpaired) electrons. The maximum absolute atomic E-state index is 11.6. The van der Waals surface area contributed by atoms with E-state index in [1.54, 1.807) is 18.2 Å². The van der Waals surface area contributed by atoms with Gasteiger partial charge in [0.1, 0.15) is 4.90 Å². The fourth-order valence-corrected chi connectivity index (χ4v) is 3.55. The molecule has 0 saturated heterocycles. The molecule has 0 amide bonds. The lowest BCUT2D eigenvalue weighted by atomic mass is 10.3. The molecule has 0 saturated carbocycles. The highest BCUT2D eigenvalue weighted by Crippen LogP contribution is 2.33. The largest absolute Gasteiger partial charge is 0.376 e. The van der Waals surface area contributed by atoms with Crippen LogP contribution in [-0.4, -0.2) is 20.1 Å². The van der Waals surface area contributed by atoms with Crippen molar-refractivity contribution in [2.45, 2.75) is 4.90 Å². The Kier molecular flexibility index (Phi) is 2.11. The molecule has 1 aliphatic rings. The summed E-state index contributed by atoms with van der Waals surface area (Å²) in [6.07, 6.45) is 0. The second-order valence-corrected chi connectivity index (χ2v) is 5.57. The maximum Gasteiger partial charge on any atom is 0.270 e. The molecule has 0 spiro atoms. The molecule has 1 aromatic rings. The molecule has 14 heavy (non-hydrogen) atoms. The van der Waals surface area contributed by atoms with Crippen LogP contribution in [0, 0.1) is 0 Å². The van der Waals surface area contributed by atoms with Gasteiger partial charge in [0.05, 0.1) is 12.2 Å². The number of rotatable bonds is 0. The lowest BCUT2D eigenvalue weighted by Gasteiger charge is -2.17. The average Bonchev–Trinajstić information content (AvgIpc) is 2.11.